The number of carbonyl (C=O) groups excluding carboxylic acids is 1. The van der Waals surface area contributed by atoms with Gasteiger partial charge in [0.25, 0.3) is 5.91 Å². The summed E-state index contributed by atoms with van der Waals surface area (Å²) < 4.78 is 2.32. The average molecular weight is 529 g/mol. The number of nitrogens with zero attached hydrogens (tertiary/aromatic N) is 5. The Morgan fingerprint density at radius 2 is 1.50 bits per heavy atom. The molecule has 0 aliphatic carbocycles. The topological polar surface area (TPSA) is 110 Å². The minimum atomic E-state index is -0.233. The van der Waals surface area contributed by atoms with Crippen molar-refractivity contribution in [3.63, 3.8) is 0 Å². The van der Waals surface area contributed by atoms with Gasteiger partial charge in [-0.3, -0.25) is 4.79 Å². The van der Waals surface area contributed by atoms with Gasteiger partial charge < -0.3 is 20.5 Å². The first-order valence-electron chi connectivity index (χ1n) is 13.2. The number of rotatable bonds is 8. The fraction of sp³-hybridized carbons (Fsp3) is 0.129. The van der Waals surface area contributed by atoms with Gasteiger partial charge in [-0.1, -0.05) is 43.3 Å². The Morgan fingerprint density at radius 1 is 0.750 bits per heavy atom. The molecule has 0 fully saturated rings. The number of hydrogen-bond donors (Lipinski definition) is 3. The van der Waals surface area contributed by atoms with E-state index < -0.39 is 0 Å². The number of pyridine rings is 1. The maximum atomic E-state index is 12.8. The third-order valence-electron chi connectivity index (χ3n) is 6.64. The molecule has 3 heterocycles. The number of hydrogen-bond acceptors (Lipinski definition) is 7. The van der Waals surface area contributed by atoms with Crippen LogP contribution in [0.1, 0.15) is 30.0 Å². The maximum Gasteiger partial charge on any atom is 0.255 e. The van der Waals surface area contributed by atoms with Gasteiger partial charge in [0, 0.05) is 57.9 Å². The van der Waals surface area contributed by atoms with Crippen molar-refractivity contribution < 1.29 is 4.79 Å². The first-order chi connectivity index (χ1) is 19.6. The highest BCUT2D eigenvalue weighted by molar-refractivity contribution is 6.09. The van der Waals surface area contributed by atoms with Crippen LogP contribution >= 0.6 is 0 Å². The zero-order chi connectivity index (χ0) is 27.5. The number of amides is 1. The molecule has 0 saturated carbocycles. The number of para-hydroxylation sites is 2. The molecule has 1 amide bonds. The van der Waals surface area contributed by atoms with Crippen LogP contribution in [0.3, 0.4) is 0 Å². The summed E-state index contributed by atoms with van der Waals surface area (Å²) in [6.07, 6.45) is 2.20. The minimum absolute atomic E-state index is 0.233. The van der Waals surface area contributed by atoms with Gasteiger partial charge in [-0.2, -0.15) is 15.0 Å². The molecule has 0 bridgehead atoms. The summed E-state index contributed by atoms with van der Waals surface area (Å²) in [5.41, 5.74) is 4.46. The van der Waals surface area contributed by atoms with E-state index in [1.165, 1.54) is 21.8 Å². The van der Waals surface area contributed by atoms with Gasteiger partial charge in [-0.05, 0) is 55.5 Å². The molecule has 9 nitrogen and oxygen atoms in total. The Morgan fingerprint density at radius 3 is 2.30 bits per heavy atom. The Kier molecular flexibility index (Phi) is 6.76. The summed E-state index contributed by atoms with van der Waals surface area (Å²) >= 11 is 0. The van der Waals surface area contributed by atoms with Crippen LogP contribution in [0, 0.1) is 0 Å². The lowest BCUT2D eigenvalue weighted by Crippen LogP contribution is -2.12. The molecular weight excluding hydrogens is 500 g/mol. The highest BCUT2D eigenvalue weighted by Crippen LogP contribution is 2.31. The van der Waals surface area contributed by atoms with Crippen molar-refractivity contribution >= 4 is 56.8 Å². The Labute approximate surface area is 231 Å². The minimum Gasteiger partial charge on any atom is -0.341 e. The molecule has 0 unspecified atom stereocenters. The van der Waals surface area contributed by atoms with Crippen LogP contribution in [0.15, 0.2) is 91.1 Å². The van der Waals surface area contributed by atoms with E-state index >= 15 is 0 Å². The molecule has 0 saturated heterocycles. The predicted molar refractivity (Wildman–Crippen MR) is 160 cm³/mol. The second-order valence-electron chi connectivity index (χ2n) is 9.25. The van der Waals surface area contributed by atoms with E-state index in [4.69, 9.17) is 0 Å². The zero-order valence-electron chi connectivity index (χ0n) is 22.2. The number of aryl methyl sites for hydroxylation is 2. The average Bonchev–Trinajstić information content (AvgIpc) is 3.30. The van der Waals surface area contributed by atoms with Crippen LogP contribution in [0.25, 0.3) is 21.8 Å². The lowest BCUT2D eigenvalue weighted by Gasteiger charge is -2.11. The summed E-state index contributed by atoms with van der Waals surface area (Å²) in [7, 11) is 0. The van der Waals surface area contributed by atoms with Crippen LogP contribution in [0.2, 0.25) is 0 Å². The summed E-state index contributed by atoms with van der Waals surface area (Å²) in [5.74, 6) is 1.61. The summed E-state index contributed by atoms with van der Waals surface area (Å²) in [6.45, 7) is 5.04. The smallest absolute Gasteiger partial charge is 0.255 e. The Bertz CT molecular complexity index is 1830. The second kappa shape index (κ2) is 10.8. The van der Waals surface area contributed by atoms with Gasteiger partial charge in [0.1, 0.15) is 11.6 Å². The predicted octanol–water partition coefficient (Wildman–Crippen LogP) is 6.70. The number of anilines is 5. The fourth-order valence-corrected chi connectivity index (χ4v) is 4.77. The molecule has 198 valence electrons. The summed E-state index contributed by atoms with van der Waals surface area (Å²) in [6, 6.07) is 27.3. The van der Waals surface area contributed by atoms with Gasteiger partial charge in [-0.15, -0.1) is 0 Å². The number of fused-ring (bicyclic) bond motifs is 3. The normalized spacial score (nSPS) is 11.1. The largest absolute Gasteiger partial charge is 0.341 e. The third-order valence-corrected chi connectivity index (χ3v) is 6.64. The van der Waals surface area contributed by atoms with E-state index in [0.717, 1.165) is 17.9 Å². The van der Waals surface area contributed by atoms with Crippen molar-refractivity contribution in [2.45, 2.75) is 26.8 Å². The van der Waals surface area contributed by atoms with Gasteiger partial charge in [0.2, 0.25) is 11.9 Å². The summed E-state index contributed by atoms with van der Waals surface area (Å²) in [4.78, 5) is 30.8. The van der Waals surface area contributed by atoms with E-state index in [1.807, 2.05) is 43.3 Å². The third kappa shape index (κ3) is 5.04. The maximum absolute atomic E-state index is 12.8. The molecule has 6 rings (SSSR count). The molecule has 0 aliphatic heterocycles. The molecule has 0 aliphatic rings. The van der Waals surface area contributed by atoms with E-state index in [9.17, 15) is 4.79 Å². The van der Waals surface area contributed by atoms with Crippen LogP contribution in [-0.4, -0.2) is 30.4 Å². The number of carbonyl (C=O) groups is 1. The van der Waals surface area contributed by atoms with Crippen molar-refractivity contribution in [3.8, 4) is 0 Å². The lowest BCUT2D eigenvalue weighted by molar-refractivity contribution is 0.102. The van der Waals surface area contributed by atoms with Crippen molar-refractivity contribution in [3.05, 3.63) is 103 Å². The molecule has 0 spiro atoms. The van der Waals surface area contributed by atoms with Gasteiger partial charge >= 0.3 is 0 Å². The van der Waals surface area contributed by atoms with Gasteiger partial charge in [-0.25, -0.2) is 4.98 Å². The fourth-order valence-electron chi connectivity index (χ4n) is 4.77. The molecule has 40 heavy (non-hydrogen) atoms. The quantitative estimate of drug-likeness (QED) is 0.202. The first kappa shape index (κ1) is 25.0. The molecule has 6 aromatic rings. The molecule has 3 N–H and O–H groups in total. The summed E-state index contributed by atoms with van der Waals surface area (Å²) in [5, 5.41) is 11.7. The van der Waals surface area contributed by atoms with Gasteiger partial charge in [0.05, 0.1) is 0 Å². The van der Waals surface area contributed by atoms with Crippen molar-refractivity contribution in [1.82, 2.24) is 24.5 Å². The monoisotopic (exact) mass is 528 g/mol. The number of aromatic nitrogens is 5. The standard InChI is InChI=1S/C31H28N8O/c1-3-27-35-30(34-22-14-15-26-24(19-22)23-12-8-9-13-25(23)39(26)4-2)38-31(36-27)37-28-18-20(16-17-32-28)29(40)33-21-10-6-5-7-11-21/h5-19H,3-4H2,1-2H3,(H,33,40)(H2,32,34,35,36,37,38). The molecule has 3 aromatic carbocycles. The molecule has 3 aromatic heterocycles. The molecule has 0 atom stereocenters. The van der Waals surface area contributed by atoms with Gasteiger partial charge in [0.15, 0.2) is 0 Å². The highest BCUT2D eigenvalue weighted by Gasteiger charge is 2.13. The lowest BCUT2D eigenvalue weighted by atomic mass is 10.1. The number of nitrogens with one attached hydrogen (secondary N) is 3. The number of benzene rings is 3. The molecule has 0 radical (unpaired) electrons. The highest BCUT2D eigenvalue weighted by atomic mass is 16.1. The SMILES string of the molecule is CCc1nc(Nc2ccc3c(c2)c2ccccc2n3CC)nc(Nc2cc(C(=O)Nc3ccccc3)ccn2)n1. The van der Waals surface area contributed by atoms with E-state index in [1.54, 1.807) is 18.3 Å². The van der Waals surface area contributed by atoms with Crippen molar-refractivity contribution in [2.75, 3.05) is 16.0 Å². The van der Waals surface area contributed by atoms with Crippen LogP contribution < -0.4 is 16.0 Å². The van der Waals surface area contributed by atoms with Crippen molar-refractivity contribution in [1.29, 1.82) is 0 Å². The Balaban J connectivity index is 1.26. The Hall–Kier alpha value is -5.31. The van der Waals surface area contributed by atoms with Crippen LogP contribution in [0.4, 0.5) is 29.1 Å². The molecule has 9 heteroatoms. The van der Waals surface area contributed by atoms with E-state index in [0.29, 0.717) is 35.5 Å². The van der Waals surface area contributed by atoms with E-state index in [2.05, 4.69) is 83.8 Å². The first-order valence-corrected chi connectivity index (χ1v) is 13.2. The van der Waals surface area contributed by atoms with E-state index in [-0.39, 0.29) is 5.91 Å². The van der Waals surface area contributed by atoms with Crippen LogP contribution in [-0.2, 0) is 13.0 Å². The molecular formula is C31H28N8O. The zero-order valence-corrected chi connectivity index (χ0v) is 22.2. The second-order valence-corrected chi connectivity index (χ2v) is 9.25. The van der Waals surface area contributed by atoms with Crippen molar-refractivity contribution in [2.24, 2.45) is 0 Å². The van der Waals surface area contributed by atoms with Crippen LogP contribution in [0.5, 0.6) is 0 Å².